The minimum Gasteiger partial charge on any atom is -0.364 e. The first-order valence-electron chi connectivity index (χ1n) is 6.01. The second-order valence-electron chi connectivity index (χ2n) is 4.52. The molecule has 0 radical (unpaired) electrons. The summed E-state index contributed by atoms with van der Waals surface area (Å²) in [4.78, 5) is 15.5. The molecule has 3 rings (SSSR count). The number of hydrogen-bond donors (Lipinski definition) is 3. The normalized spacial score (nSPS) is 25.0. The molecule has 17 heavy (non-hydrogen) atoms. The summed E-state index contributed by atoms with van der Waals surface area (Å²) in [5, 5.41) is 3.41. The Kier molecular flexibility index (Phi) is 2.64. The van der Waals surface area contributed by atoms with E-state index in [0.29, 0.717) is 11.7 Å². The van der Waals surface area contributed by atoms with Gasteiger partial charge in [-0.2, -0.15) is 0 Å². The number of aromatic nitrogens is 4. The van der Waals surface area contributed by atoms with E-state index >= 15 is 0 Å². The van der Waals surface area contributed by atoms with Crippen LogP contribution in [0, 0.1) is 0 Å². The molecule has 90 valence electrons. The zero-order chi connectivity index (χ0) is 11.7. The molecule has 4 N–H and O–H groups in total. The molecule has 6 heteroatoms. The van der Waals surface area contributed by atoms with Gasteiger partial charge in [0.2, 0.25) is 0 Å². The number of H-pyrrole nitrogens is 1. The number of imidazole rings is 1. The van der Waals surface area contributed by atoms with Crippen LogP contribution in [0.1, 0.15) is 25.7 Å². The van der Waals surface area contributed by atoms with Crippen molar-refractivity contribution in [3.63, 3.8) is 0 Å². The highest BCUT2D eigenvalue weighted by Gasteiger charge is 2.22. The van der Waals surface area contributed by atoms with Crippen molar-refractivity contribution >= 4 is 17.0 Å². The van der Waals surface area contributed by atoms with Crippen LogP contribution in [-0.4, -0.2) is 32.0 Å². The lowest BCUT2D eigenvalue weighted by Crippen LogP contribution is -2.42. The number of nitrogens with one attached hydrogen (secondary N) is 2. The Morgan fingerprint density at radius 1 is 1.24 bits per heavy atom. The van der Waals surface area contributed by atoms with E-state index in [1.807, 2.05) is 0 Å². The van der Waals surface area contributed by atoms with Crippen molar-refractivity contribution in [2.24, 2.45) is 5.73 Å². The van der Waals surface area contributed by atoms with E-state index in [-0.39, 0.29) is 6.04 Å². The zero-order valence-electron chi connectivity index (χ0n) is 9.56. The highest BCUT2D eigenvalue weighted by molar-refractivity contribution is 5.82. The monoisotopic (exact) mass is 232 g/mol. The second-order valence-corrected chi connectivity index (χ2v) is 4.52. The number of rotatable bonds is 2. The van der Waals surface area contributed by atoms with Gasteiger partial charge in [-0.1, -0.05) is 12.8 Å². The van der Waals surface area contributed by atoms with Gasteiger partial charge in [-0.05, 0) is 12.8 Å². The Balaban J connectivity index is 1.86. The molecule has 2 unspecified atom stereocenters. The number of aromatic amines is 1. The molecule has 0 aliphatic heterocycles. The first kappa shape index (κ1) is 10.5. The summed E-state index contributed by atoms with van der Waals surface area (Å²) in [5.74, 6) is 0.801. The number of anilines is 1. The summed E-state index contributed by atoms with van der Waals surface area (Å²) in [5.41, 5.74) is 7.65. The van der Waals surface area contributed by atoms with Crippen LogP contribution >= 0.6 is 0 Å². The van der Waals surface area contributed by atoms with Crippen LogP contribution in [0.3, 0.4) is 0 Å². The summed E-state index contributed by atoms with van der Waals surface area (Å²) in [6.07, 6.45) is 7.78. The van der Waals surface area contributed by atoms with Crippen molar-refractivity contribution in [3.8, 4) is 0 Å². The van der Waals surface area contributed by atoms with E-state index in [2.05, 4.69) is 25.3 Å². The Labute approximate surface area is 99.1 Å². The lowest BCUT2D eigenvalue weighted by Gasteiger charge is -2.29. The van der Waals surface area contributed by atoms with Gasteiger partial charge in [-0.3, -0.25) is 0 Å². The quantitative estimate of drug-likeness (QED) is 0.719. The van der Waals surface area contributed by atoms with Gasteiger partial charge in [0.25, 0.3) is 0 Å². The molecule has 1 aliphatic carbocycles. The molecule has 0 bridgehead atoms. The van der Waals surface area contributed by atoms with E-state index in [0.717, 1.165) is 24.2 Å². The first-order valence-corrected chi connectivity index (χ1v) is 6.01. The maximum atomic E-state index is 6.11. The predicted octanol–water partition coefficient (Wildman–Crippen LogP) is 1.03. The fourth-order valence-corrected chi connectivity index (χ4v) is 2.39. The van der Waals surface area contributed by atoms with Crippen LogP contribution in [0.4, 0.5) is 5.82 Å². The summed E-state index contributed by atoms with van der Waals surface area (Å²) < 4.78 is 0. The van der Waals surface area contributed by atoms with E-state index in [9.17, 15) is 0 Å². The zero-order valence-corrected chi connectivity index (χ0v) is 9.56. The minimum atomic E-state index is 0.205. The first-order chi connectivity index (χ1) is 8.34. The number of hydrogen-bond acceptors (Lipinski definition) is 5. The third-order valence-corrected chi connectivity index (χ3v) is 3.36. The maximum Gasteiger partial charge on any atom is 0.182 e. The van der Waals surface area contributed by atoms with E-state index < -0.39 is 0 Å². The van der Waals surface area contributed by atoms with Crippen LogP contribution in [0.5, 0.6) is 0 Å². The van der Waals surface area contributed by atoms with E-state index in [1.165, 1.54) is 19.2 Å². The van der Waals surface area contributed by atoms with Gasteiger partial charge in [0.15, 0.2) is 11.5 Å². The van der Waals surface area contributed by atoms with E-state index in [1.54, 1.807) is 6.33 Å². The SMILES string of the molecule is NC1CCCCC1Nc1ncnc2nc[nH]c12. The number of fused-ring (bicyclic) bond motifs is 1. The second kappa shape index (κ2) is 4.29. The molecule has 0 aromatic carbocycles. The van der Waals surface area contributed by atoms with Gasteiger partial charge in [-0.15, -0.1) is 0 Å². The van der Waals surface area contributed by atoms with Gasteiger partial charge in [0.05, 0.1) is 6.33 Å². The van der Waals surface area contributed by atoms with Crippen molar-refractivity contribution < 1.29 is 0 Å². The molecule has 1 aliphatic rings. The van der Waals surface area contributed by atoms with E-state index in [4.69, 9.17) is 5.73 Å². The van der Waals surface area contributed by atoms with Gasteiger partial charge in [0, 0.05) is 12.1 Å². The summed E-state index contributed by atoms with van der Waals surface area (Å²) >= 11 is 0. The van der Waals surface area contributed by atoms with Gasteiger partial charge < -0.3 is 16.0 Å². The molecule has 2 aromatic heterocycles. The third kappa shape index (κ3) is 1.95. The average molecular weight is 232 g/mol. The van der Waals surface area contributed by atoms with Crippen molar-refractivity contribution in [3.05, 3.63) is 12.7 Å². The maximum absolute atomic E-state index is 6.11. The minimum absolute atomic E-state index is 0.205. The fourth-order valence-electron chi connectivity index (χ4n) is 2.39. The third-order valence-electron chi connectivity index (χ3n) is 3.36. The van der Waals surface area contributed by atoms with Crippen molar-refractivity contribution in [2.45, 2.75) is 37.8 Å². The molecule has 6 nitrogen and oxygen atoms in total. The van der Waals surface area contributed by atoms with Gasteiger partial charge in [0.1, 0.15) is 11.8 Å². The summed E-state index contributed by atoms with van der Waals surface area (Å²) in [6, 6.07) is 0.502. The summed E-state index contributed by atoms with van der Waals surface area (Å²) in [7, 11) is 0. The fraction of sp³-hybridized carbons (Fsp3) is 0.545. The smallest absolute Gasteiger partial charge is 0.182 e. The molecular formula is C11H16N6. The highest BCUT2D eigenvalue weighted by Crippen LogP contribution is 2.22. The molecule has 2 heterocycles. The molecule has 2 aromatic rings. The Hall–Kier alpha value is -1.69. The topological polar surface area (TPSA) is 92.5 Å². The molecule has 1 saturated carbocycles. The van der Waals surface area contributed by atoms with Crippen LogP contribution in [0.2, 0.25) is 0 Å². The van der Waals surface area contributed by atoms with Gasteiger partial charge >= 0.3 is 0 Å². The Morgan fingerprint density at radius 3 is 3.00 bits per heavy atom. The molecule has 0 spiro atoms. The van der Waals surface area contributed by atoms with Crippen LogP contribution in [0.15, 0.2) is 12.7 Å². The van der Waals surface area contributed by atoms with Crippen molar-refractivity contribution in [1.29, 1.82) is 0 Å². The number of nitrogens with zero attached hydrogens (tertiary/aromatic N) is 3. The lowest BCUT2D eigenvalue weighted by atomic mass is 9.91. The van der Waals surface area contributed by atoms with Crippen molar-refractivity contribution in [2.75, 3.05) is 5.32 Å². The lowest BCUT2D eigenvalue weighted by molar-refractivity contribution is 0.403. The molecule has 0 saturated heterocycles. The van der Waals surface area contributed by atoms with Crippen LogP contribution < -0.4 is 11.1 Å². The van der Waals surface area contributed by atoms with Gasteiger partial charge in [-0.25, -0.2) is 15.0 Å². The largest absolute Gasteiger partial charge is 0.364 e. The van der Waals surface area contributed by atoms with Crippen LogP contribution in [0.25, 0.3) is 11.2 Å². The molecule has 1 fully saturated rings. The van der Waals surface area contributed by atoms with Crippen molar-refractivity contribution in [1.82, 2.24) is 19.9 Å². The summed E-state index contributed by atoms with van der Waals surface area (Å²) in [6.45, 7) is 0. The molecular weight excluding hydrogens is 216 g/mol. The standard InChI is InChI=1S/C11H16N6/c12-7-3-1-2-4-8(7)17-11-9-10(14-5-13-9)15-6-16-11/h5-8H,1-4,12H2,(H2,13,14,15,16,17). The molecule has 0 amide bonds. The average Bonchev–Trinajstić information content (AvgIpc) is 2.81. The Morgan fingerprint density at radius 2 is 2.12 bits per heavy atom. The van der Waals surface area contributed by atoms with Crippen LogP contribution in [-0.2, 0) is 0 Å². The predicted molar refractivity (Wildman–Crippen MR) is 65.5 cm³/mol. The number of nitrogens with two attached hydrogens (primary N) is 1. The Bertz CT molecular complexity index is 507. The molecule has 2 atom stereocenters. The highest BCUT2D eigenvalue weighted by atomic mass is 15.1.